The number of urea groups is 1. The van der Waals surface area contributed by atoms with E-state index in [4.69, 9.17) is 21.1 Å². The summed E-state index contributed by atoms with van der Waals surface area (Å²) in [6.45, 7) is 2.50. The zero-order chi connectivity index (χ0) is 18.8. The minimum absolute atomic E-state index is 0.198. The topological polar surface area (TPSA) is 72.5 Å². The third-order valence-corrected chi connectivity index (χ3v) is 5.56. The zero-order valence-electron chi connectivity index (χ0n) is 14.4. The highest BCUT2D eigenvalue weighted by molar-refractivity contribution is 7.15. The monoisotopic (exact) mass is 401 g/mol. The van der Waals surface area contributed by atoms with Gasteiger partial charge < -0.3 is 20.1 Å². The van der Waals surface area contributed by atoms with Crippen molar-refractivity contribution in [2.24, 2.45) is 0 Å². The lowest BCUT2D eigenvalue weighted by Crippen LogP contribution is -2.28. The van der Waals surface area contributed by atoms with Gasteiger partial charge in [0.1, 0.15) is 5.01 Å². The van der Waals surface area contributed by atoms with E-state index in [0.29, 0.717) is 28.8 Å². The quantitative estimate of drug-likeness (QED) is 0.657. The van der Waals surface area contributed by atoms with Crippen LogP contribution in [0.1, 0.15) is 10.6 Å². The van der Waals surface area contributed by atoms with Crippen LogP contribution >= 0.6 is 22.9 Å². The molecule has 4 rings (SSSR count). The van der Waals surface area contributed by atoms with Gasteiger partial charge in [-0.3, -0.25) is 0 Å². The zero-order valence-corrected chi connectivity index (χ0v) is 16.0. The lowest BCUT2D eigenvalue weighted by Gasteiger charge is -2.07. The molecule has 2 aromatic carbocycles. The van der Waals surface area contributed by atoms with E-state index in [1.807, 2.05) is 31.2 Å². The Hall–Kier alpha value is -2.77. The lowest BCUT2D eigenvalue weighted by atomic mass is 10.2. The Kier molecular flexibility index (Phi) is 4.87. The summed E-state index contributed by atoms with van der Waals surface area (Å²) in [5, 5.41) is 7.13. The third-order valence-electron chi connectivity index (χ3n) is 4.04. The van der Waals surface area contributed by atoms with Crippen LogP contribution in [0.3, 0.4) is 0 Å². The van der Waals surface area contributed by atoms with Gasteiger partial charge in [0.15, 0.2) is 11.5 Å². The average molecular weight is 402 g/mol. The summed E-state index contributed by atoms with van der Waals surface area (Å²) < 4.78 is 10.6. The van der Waals surface area contributed by atoms with Crippen LogP contribution in [0, 0.1) is 6.92 Å². The number of benzene rings is 2. The van der Waals surface area contributed by atoms with E-state index in [2.05, 4.69) is 15.6 Å². The maximum Gasteiger partial charge on any atom is 0.319 e. The summed E-state index contributed by atoms with van der Waals surface area (Å²) >= 11 is 7.76. The number of carbonyl (C=O) groups excluding carboxylic acids is 1. The summed E-state index contributed by atoms with van der Waals surface area (Å²) in [6, 6.07) is 12.5. The van der Waals surface area contributed by atoms with Gasteiger partial charge >= 0.3 is 6.03 Å². The number of halogens is 1. The minimum Gasteiger partial charge on any atom is -0.454 e. The van der Waals surface area contributed by atoms with Crippen molar-refractivity contribution in [3.05, 3.63) is 58.1 Å². The molecule has 27 heavy (non-hydrogen) atoms. The van der Waals surface area contributed by atoms with Crippen LogP contribution in [0.2, 0.25) is 5.02 Å². The molecule has 2 heterocycles. The molecule has 2 N–H and O–H groups in total. The van der Waals surface area contributed by atoms with Crippen LogP contribution in [-0.4, -0.2) is 17.8 Å². The Balaban J connectivity index is 1.40. The second-order valence-electron chi connectivity index (χ2n) is 5.88. The molecule has 1 aliphatic rings. The van der Waals surface area contributed by atoms with Gasteiger partial charge in [0.25, 0.3) is 0 Å². The van der Waals surface area contributed by atoms with E-state index in [1.54, 1.807) is 18.2 Å². The van der Waals surface area contributed by atoms with Gasteiger partial charge in [-0.05, 0) is 25.1 Å². The first-order chi connectivity index (χ1) is 13.1. The molecule has 8 heteroatoms. The number of rotatable bonds is 4. The molecule has 0 atom stereocenters. The van der Waals surface area contributed by atoms with E-state index >= 15 is 0 Å². The molecule has 6 nitrogen and oxygen atoms in total. The van der Waals surface area contributed by atoms with Gasteiger partial charge in [-0.2, -0.15) is 0 Å². The Morgan fingerprint density at radius 3 is 2.89 bits per heavy atom. The molecule has 0 spiro atoms. The summed E-state index contributed by atoms with van der Waals surface area (Å²) in [4.78, 5) is 17.7. The van der Waals surface area contributed by atoms with E-state index in [9.17, 15) is 4.79 Å². The molecular weight excluding hydrogens is 386 g/mol. The number of thiazole rings is 1. The molecule has 0 fully saturated rings. The van der Waals surface area contributed by atoms with Gasteiger partial charge in [-0.15, -0.1) is 11.3 Å². The van der Waals surface area contributed by atoms with Crippen LogP contribution in [0.4, 0.5) is 10.5 Å². The largest absolute Gasteiger partial charge is 0.454 e. The van der Waals surface area contributed by atoms with Crippen molar-refractivity contribution in [1.29, 1.82) is 0 Å². The number of aromatic nitrogens is 1. The third kappa shape index (κ3) is 3.84. The SMILES string of the molecule is Cc1nc(-c2ccccc2Cl)sc1CNC(=O)Nc1ccc2c(c1)OCO2. The van der Waals surface area contributed by atoms with Crippen molar-refractivity contribution in [2.75, 3.05) is 12.1 Å². The number of nitrogens with zero attached hydrogens (tertiary/aromatic N) is 1. The fourth-order valence-electron chi connectivity index (χ4n) is 2.65. The highest BCUT2D eigenvalue weighted by Crippen LogP contribution is 2.34. The first-order valence-electron chi connectivity index (χ1n) is 8.26. The van der Waals surface area contributed by atoms with E-state index in [0.717, 1.165) is 21.1 Å². The summed E-state index contributed by atoms with van der Waals surface area (Å²) in [6.07, 6.45) is 0. The van der Waals surface area contributed by atoms with Crippen molar-refractivity contribution in [2.45, 2.75) is 13.5 Å². The minimum atomic E-state index is -0.305. The molecule has 0 saturated carbocycles. The number of anilines is 1. The fourth-order valence-corrected chi connectivity index (χ4v) is 3.97. The van der Waals surface area contributed by atoms with Gasteiger partial charge in [-0.25, -0.2) is 9.78 Å². The predicted molar refractivity (Wildman–Crippen MR) is 106 cm³/mol. The lowest BCUT2D eigenvalue weighted by molar-refractivity contribution is 0.174. The number of hydrogen-bond acceptors (Lipinski definition) is 5. The number of nitrogens with one attached hydrogen (secondary N) is 2. The maximum absolute atomic E-state index is 12.2. The second-order valence-corrected chi connectivity index (χ2v) is 7.37. The molecule has 3 aromatic rings. The normalized spacial score (nSPS) is 12.1. The number of amides is 2. The number of hydrogen-bond donors (Lipinski definition) is 2. The van der Waals surface area contributed by atoms with Crippen molar-refractivity contribution in [3.63, 3.8) is 0 Å². The summed E-state index contributed by atoms with van der Waals surface area (Å²) in [5.74, 6) is 1.30. The molecule has 0 radical (unpaired) electrons. The highest BCUT2D eigenvalue weighted by atomic mass is 35.5. The van der Waals surface area contributed by atoms with Crippen molar-refractivity contribution in [1.82, 2.24) is 10.3 Å². The maximum atomic E-state index is 12.2. The Morgan fingerprint density at radius 1 is 1.22 bits per heavy atom. The Bertz CT molecular complexity index is 1010. The number of ether oxygens (including phenoxy) is 2. The summed E-state index contributed by atoms with van der Waals surface area (Å²) in [5.41, 5.74) is 2.40. The molecule has 0 saturated heterocycles. The van der Waals surface area contributed by atoms with Gasteiger partial charge in [0.2, 0.25) is 6.79 Å². The van der Waals surface area contributed by atoms with E-state index in [1.165, 1.54) is 11.3 Å². The van der Waals surface area contributed by atoms with Crippen molar-refractivity contribution in [3.8, 4) is 22.1 Å². The van der Waals surface area contributed by atoms with E-state index in [-0.39, 0.29) is 12.8 Å². The van der Waals surface area contributed by atoms with Gasteiger partial charge in [0, 0.05) is 22.2 Å². The number of fused-ring (bicyclic) bond motifs is 1. The predicted octanol–water partition coefficient (Wildman–Crippen LogP) is 4.82. The first-order valence-corrected chi connectivity index (χ1v) is 9.45. The van der Waals surface area contributed by atoms with Crippen LogP contribution in [0.15, 0.2) is 42.5 Å². The molecule has 0 bridgehead atoms. The van der Waals surface area contributed by atoms with Crippen molar-refractivity contribution < 1.29 is 14.3 Å². The van der Waals surface area contributed by atoms with Crippen LogP contribution in [0.5, 0.6) is 11.5 Å². The Labute approximate surface area is 165 Å². The average Bonchev–Trinajstić information content (AvgIpc) is 3.26. The Morgan fingerprint density at radius 2 is 2.04 bits per heavy atom. The highest BCUT2D eigenvalue weighted by Gasteiger charge is 2.15. The smallest absolute Gasteiger partial charge is 0.319 e. The van der Waals surface area contributed by atoms with Gasteiger partial charge in [0.05, 0.1) is 17.3 Å². The molecule has 1 aromatic heterocycles. The molecular formula is C19H16ClN3O3S. The van der Waals surface area contributed by atoms with Crippen LogP contribution in [-0.2, 0) is 6.54 Å². The van der Waals surface area contributed by atoms with Gasteiger partial charge in [-0.1, -0.05) is 29.8 Å². The fraction of sp³-hybridized carbons (Fsp3) is 0.158. The molecule has 1 aliphatic heterocycles. The van der Waals surface area contributed by atoms with Crippen LogP contribution in [0.25, 0.3) is 10.6 Å². The standard InChI is InChI=1S/C19H16ClN3O3S/c1-11-17(27-18(22-11)13-4-2-3-5-14(13)20)9-21-19(24)23-12-6-7-15-16(8-12)26-10-25-15/h2-8H,9-10H2,1H3,(H2,21,23,24). The second kappa shape index (κ2) is 7.46. The van der Waals surface area contributed by atoms with E-state index < -0.39 is 0 Å². The van der Waals surface area contributed by atoms with Crippen LogP contribution < -0.4 is 20.1 Å². The number of carbonyl (C=O) groups is 1. The molecule has 138 valence electrons. The molecule has 0 aliphatic carbocycles. The van der Waals surface area contributed by atoms with Crippen molar-refractivity contribution >= 4 is 34.7 Å². The first kappa shape index (κ1) is 17.6. The summed E-state index contributed by atoms with van der Waals surface area (Å²) in [7, 11) is 0. The molecule has 0 unspecified atom stereocenters. The number of aryl methyl sites for hydroxylation is 1. The molecule has 2 amide bonds.